The molecule has 0 saturated heterocycles. The van der Waals surface area contributed by atoms with Gasteiger partial charge in [0.15, 0.2) is 5.78 Å². The van der Waals surface area contributed by atoms with Crippen molar-refractivity contribution in [2.75, 3.05) is 0 Å². The molecule has 0 radical (unpaired) electrons. The van der Waals surface area contributed by atoms with Gasteiger partial charge in [0.25, 0.3) is 0 Å². The summed E-state index contributed by atoms with van der Waals surface area (Å²) in [4.78, 5) is 16.9. The first kappa shape index (κ1) is 15.6. The minimum absolute atomic E-state index is 0.0760. The number of carbonyl (C=O) groups is 1. The number of benzene rings is 1. The Hall–Kier alpha value is -2.24. The molecule has 0 N–H and O–H groups in total. The third kappa shape index (κ3) is 3.11. The number of hydrogen-bond acceptors (Lipinski definition) is 4. The SMILES string of the molecule is Cc1ncsc1C(=O)C=Cc1c(C)nn(-c2ccccc2)c1Cl. The van der Waals surface area contributed by atoms with Gasteiger partial charge < -0.3 is 0 Å². The molecule has 3 rings (SSSR count). The Morgan fingerprint density at radius 3 is 2.61 bits per heavy atom. The van der Waals surface area contributed by atoms with Crippen molar-refractivity contribution in [2.24, 2.45) is 0 Å². The average Bonchev–Trinajstić information content (AvgIpc) is 3.10. The smallest absolute Gasteiger partial charge is 0.197 e. The minimum Gasteiger partial charge on any atom is -0.288 e. The third-order valence-electron chi connectivity index (χ3n) is 3.42. The molecule has 1 aromatic carbocycles. The summed E-state index contributed by atoms with van der Waals surface area (Å²) in [5.74, 6) is -0.0760. The molecule has 4 nitrogen and oxygen atoms in total. The van der Waals surface area contributed by atoms with Gasteiger partial charge in [0.05, 0.1) is 27.5 Å². The van der Waals surface area contributed by atoms with Crippen LogP contribution in [-0.2, 0) is 0 Å². The highest BCUT2D eigenvalue weighted by molar-refractivity contribution is 7.12. The van der Waals surface area contributed by atoms with Gasteiger partial charge in [-0.15, -0.1) is 11.3 Å². The van der Waals surface area contributed by atoms with E-state index in [1.807, 2.05) is 44.2 Å². The van der Waals surface area contributed by atoms with E-state index in [0.29, 0.717) is 10.0 Å². The van der Waals surface area contributed by atoms with Gasteiger partial charge in [-0.05, 0) is 38.1 Å². The number of thiazole rings is 1. The van der Waals surface area contributed by atoms with Gasteiger partial charge in [0.1, 0.15) is 5.15 Å². The van der Waals surface area contributed by atoms with Crippen molar-refractivity contribution in [3.8, 4) is 5.69 Å². The first-order valence-corrected chi connectivity index (χ1v) is 8.26. The number of aromatic nitrogens is 3. The van der Waals surface area contributed by atoms with E-state index < -0.39 is 0 Å². The molecule has 2 heterocycles. The standard InChI is InChI=1S/C17H14ClN3OS/c1-11-14(8-9-15(22)16-12(2)19-10-23-16)17(18)21(20-11)13-6-4-3-5-7-13/h3-10H,1-2H3. The van der Waals surface area contributed by atoms with Gasteiger partial charge in [-0.25, -0.2) is 9.67 Å². The maximum Gasteiger partial charge on any atom is 0.197 e. The van der Waals surface area contributed by atoms with Crippen LogP contribution in [0.1, 0.15) is 26.6 Å². The van der Waals surface area contributed by atoms with Crippen molar-refractivity contribution >= 4 is 34.8 Å². The third-order valence-corrected chi connectivity index (χ3v) is 4.73. The summed E-state index contributed by atoms with van der Waals surface area (Å²) in [5.41, 5.74) is 4.80. The fraction of sp³-hybridized carbons (Fsp3) is 0.118. The molecule has 0 unspecified atom stereocenters. The molecule has 0 aliphatic rings. The van der Waals surface area contributed by atoms with Crippen LogP contribution in [0.4, 0.5) is 0 Å². The van der Waals surface area contributed by atoms with E-state index in [4.69, 9.17) is 11.6 Å². The largest absolute Gasteiger partial charge is 0.288 e. The number of para-hydroxylation sites is 1. The first-order valence-electron chi connectivity index (χ1n) is 7.01. The van der Waals surface area contributed by atoms with E-state index >= 15 is 0 Å². The lowest BCUT2D eigenvalue weighted by Crippen LogP contribution is -1.95. The second kappa shape index (κ2) is 6.48. The molecule has 0 bridgehead atoms. The van der Waals surface area contributed by atoms with Crippen LogP contribution < -0.4 is 0 Å². The number of ketones is 1. The number of hydrogen-bond donors (Lipinski definition) is 0. The molecule has 0 amide bonds. The van der Waals surface area contributed by atoms with Crippen molar-refractivity contribution < 1.29 is 4.79 Å². The molecule has 2 aromatic heterocycles. The fourth-order valence-electron chi connectivity index (χ4n) is 2.21. The summed E-state index contributed by atoms with van der Waals surface area (Å²) in [6.07, 6.45) is 3.23. The van der Waals surface area contributed by atoms with Crippen LogP contribution in [0.3, 0.4) is 0 Å². The van der Waals surface area contributed by atoms with Crippen LogP contribution in [-0.4, -0.2) is 20.5 Å². The lowest BCUT2D eigenvalue weighted by Gasteiger charge is -2.01. The predicted octanol–water partition coefficient (Wildman–Crippen LogP) is 4.50. The number of halogens is 1. The van der Waals surface area contributed by atoms with Crippen LogP contribution >= 0.6 is 22.9 Å². The van der Waals surface area contributed by atoms with Gasteiger partial charge in [0, 0.05) is 5.56 Å². The van der Waals surface area contributed by atoms with Crippen molar-refractivity contribution in [1.82, 2.24) is 14.8 Å². The lowest BCUT2D eigenvalue weighted by molar-refractivity contribution is 0.105. The zero-order valence-corrected chi connectivity index (χ0v) is 14.2. The monoisotopic (exact) mass is 343 g/mol. The molecule has 3 aromatic rings. The molecular formula is C17H14ClN3OS. The van der Waals surface area contributed by atoms with Gasteiger partial charge in [-0.3, -0.25) is 4.79 Å². The highest BCUT2D eigenvalue weighted by Crippen LogP contribution is 2.25. The Bertz CT molecular complexity index is 881. The van der Waals surface area contributed by atoms with E-state index in [9.17, 15) is 4.79 Å². The Labute approximate surface area is 143 Å². The average molecular weight is 344 g/mol. The van der Waals surface area contributed by atoms with Crippen LogP contribution in [0.25, 0.3) is 11.8 Å². The van der Waals surface area contributed by atoms with Crippen molar-refractivity contribution in [3.63, 3.8) is 0 Å². The summed E-state index contributed by atoms with van der Waals surface area (Å²) in [5, 5.41) is 4.94. The lowest BCUT2D eigenvalue weighted by atomic mass is 10.2. The topological polar surface area (TPSA) is 47.8 Å². The molecule has 6 heteroatoms. The summed E-state index contributed by atoms with van der Waals surface area (Å²) in [7, 11) is 0. The Morgan fingerprint density at radius 2 is 1.96 bits per heavy atom. The molecule has 0 aliphatic carbocycles. The quantitative estimate of drug-likeness (QED) is 0.517. The first-order chi connectivity index (χ1) is 11.1. The highest BCUT2D eigenvalue weighted by Gasteiger charge is 2.14. The van der Waals surface area contributed by atoms with E-state index in [0.717, 1.165) is 22.6 Å². The molecule has 116 valence electrons. The highest BCUT2D eigenvalue weighted by atomic mass is 35.5. The minimum atomic E-state index is -0.0760. The zero-order valence-electron chi connectivity index (χ0n) is 12.7. The summed E-state index contributed by atoms with van der Waals surface area (Å²) < 4.78 is 1.67. The molecule has 23 heavy (non-hydrogen) atoms. The maximum atomic E-state index is 12.2. The number of rotatable bonds is 4. The number of allylic oxidation sites excluding steroid dienone is 1. The van der Waals surface area contributed by atoms with Crippen LogP contribution in [0.5, 0.6) is 0 Å². The molecule has 0 saturated carbocycles. The van der Waals surface area contributed by atoms with Gasteiger partial charge >= 0.3 is 0 Å². The van der Waals surface area contributed by atoms with Gasteiger partial charge in [-0.2, -0.15) is 5.10 Å². The Morgan fingerprint density at radius 1 is 1.22 bits per heavy atom. The normalized spacial score (nSPS) is 11.3. The second-order valence-corrected chi connectivity index (χ2v) is 6.21. The summed E-state index contributed by atoms with van der Waals surface area (Å²) in [6.45, 7) is 3.69. The number of aryl methyl sites for hydroxylation is 2. The molecule has 0 spiro atoms. The molecule has 0 aliphatic heterocycles. The van der Waals surface area contributed by atoms with E-state index in [-0.39, 0.29) is 5.78 Å². The Kier molecular flexibility index (Phi) is 4.41. The van der Waals surface area contributed by atoms with E-state index in [1.54, 1.807) is 16.3 Å². The maximum absolute atomic E-state index is 12.2. The van der Waals surface area contributed by atoms with E-state index in [1.165, 1.54) is 17.4 Å². The molecular weight excluding hydrogens is 330 g/mol. The zero-order chi connectivity index (χ0) is 16.4. The fourth-order valence-corrected chi connectivity index (χ4v) is 3.27. The second-order valence-electron chi connectivity index (χ2n) is 5.00. The van der Waals surface area contributed by atoms with Crippen molar-refractivity contribution in [3.05, 3.63) is 68.9 Å². The van der Waals surface area contributed by atoms with Gasteiger partial charge in [-0.1, -0.05) is 29.8 Å². The van der Waals surface area contributed by atoms with Crippen molar-refractivity contribution in [2.45, 2.75) is 13.8 Å². The molecule has 0 fully saturated rings. The summed E-state index contributed by atoms with van der Waals surface area (Å²) in [6, 6.07) is 9.64. The van der Waals surface area contributed by atoms with Crippen molar-refractivity contribution in [1.29, 1.82) is 0 Å². The van der Waals surface area contributed by atoms with Crippen LogP contribution in [0.2, 0.25) is 5.15 Å². The predicted molar refractivity (Wildman–Crippen MR) is 93.5 cm³/mol. The number of nitrogens with zero attached hydrogens (tertiary/aromatic N) is 3. The Balaban J connectivity index is 1.92. The van der Waals surface area contributed by atoms with Gasteiger partial charge in [0.2, 0.25) is 0 Å². The van der Waals surface area contributed by atoms with Crippen LogP contribution in [0, 0.1) is 13.8 Å². The van der Waals surface area contributed by atoms with E-state index in [2.05, 4.69) is 10.1 Å². The number of carbonyl (C=O) groups excluding carboxylic acids is 1. The van der Waals surface area contributed by atoms with Crippen LogP contribution in [0.15, 0.2) is 41.9 Å². The molecule has 0 atom stereocenters. The summed E-state index contributed by atoms with van der Waals surface area (Å²) >= 11 is 7.77.